The van der Waals surface area contributed by atoms with Gasteiger partial charge in [0, 0.05) is 4.47 Å². The zero-order chi connectivity index (χ0) is 20.6. The molecule has 3 rings (SSSR count). The molecule has 3 aromatic rings. The van der Waals surface area contributed by atoms with Gasteiger partial charge >= 0.3 is 5.97 Å². The van der Waals surface area contributed by atoms with Gasteiger partial charge < -0.3 is 19.8 Å². The van der Waals surface area contributed by atoms with Crippen molar-refractivity contribution in [3.05, 3.63) is 88.8 Å². The van der Waals surface area contributed by atoms with Crippen LogP contribution in [0.4, 0.5) is 5.69 Å². The van der Waals surface area contributed by atoms with Crippen LogP contribution in [0.15, 0.2) is 81.9 Å². The lowest BCUT2D eigenvalue weighted by Gasteiger charge is -2.17. The maximum atomic E-state index is 12.6. The Hall–Kier alpha value is -3.39. The number of para-hydroxylation sites is 1. The molecule has 8 heteroatoms. The van der Waals surface area contributed by atoms with Gasteiger partial charge in [-0.3, -0.25) is 9.59 Å². The molecular formula is C21H17BrN2O5. The van der Waals surface area contributed by atoms with E-state index in [4.69, 9.17) is 9.15 Å². The fourth-order valence-corrected chi connectivity index (χ4v) is 2.89. The summed E-state index contributed by atoms with van der Waals surface area (Å²) < 4.78 is 10.9. The van der Waals surface area contributed by atoms with Crippen molar-refractivity contribution >= 4 is 39.4 Å². The number of hydrogen-bond donors (Lipinski definition) is 2. The molecule has 0 aliphatic rings. The van der Waals surface area contributed by atoms with Crippen LogP contribution in [0.25, 0.3) is 0 Å². The molecule has 0 saturated carbocycles. The second-order valence-corrected chi connectivity index (χ2v) is 6.78. The van der Waals surface area contributed by atoms with Crippen LogP contribution in [0.2, 0.25) is 0 Å². The van der Waals surface area contributed by atoms with Crippen molar-refractivity contribution in [2.75, 3.05) is 11.9 Å². The van der Waals surface area contributed by atoms with E-state index in [0.29, 0.717) is 15.7 Å². The summed E-state index contributed by atoms with van der Waals surface area (Å²) in [4.78, 5) is 37.1. The van der Waals surface area contributed by atoms with Crippen molar-refractivity contribution in [2.45, 2.75) is 6.04 Å². The third kappa shape index (κ3) is 5.55. The fraction of sp³-hybridized carbons (Fsp3) is 0.0952. The Labute approximate surface area is 175 Å². The number of amides is 2. The van der Waals surface area contributed by atoms with Crippen LogP contribution in [0.5, 0.6) is 0 Å². The minimum absolute atomic E-state index is 0.0606. The highest BCUT2D eigenvalue weighted by Crippen LogP contribution is 2.21. The van der Waals surface area contributed by atoms with E-state index in [1.807, 2.05) is 6.07 Å². The molecular weight excluding hydrogens is 440 g/mol. The summed E-state index contributed by atoms with van der Waals surface area (Å²) in [6.45, 7) is -0.500. The molecule has 0 bridgehead atoms. The number of furan rings is 1. The van der Waals surface area contributed by atoms with Crippen molar-refractivity contribution in [2.24, 2.45) is 0 Å². The van der Waals surface area contributed by atoms with Crippen LogP contribution >= 0.6 is 15.9 Å². The summed E-state index contributed by atoms with van der Waals surface area (Å²) in [5.41, 5.74) is 1.07. The van der Waals surface area contributed by atoms with Gasteiger partial charge in [-0.1, -0.05) is 42.5 Å². The first-order chi connectivity index (χ1) is 14.0. The van der Waals surface area contributed by atoms with Gasteiger partial charge in [0.25, 0.3) is 11.8 Å². The highest BCUT2D eigenvalue weighted by Gasteiger charge is 2.26. The quantitative estimate of drug-likeness (QED) is 0.528. The molecule has 148 valence electrons. The number of carbonyl (C=O) groups excluding carboxylic acids is 3. The molecule has 2 amide bonds. The van der Waals surface area contributed by atoms with Gasteiger partial charge in [-0.2, -0.15) is 0 Å². The number of ether oxygens (including phenoxy) is 1. The molecule has 0 fully saturated rings. The molecule has 1 heterocycles. The molecule has 2 N–H and O–H groups in total. The van der Waals surface area contributed by atoms with E-state index in [1.165, 1.54) is 12.3 Å². The largest absolute Gasteiger partial charge is 0.459 e. The number of anilines is 1. The average Bonchev–Trinajstić information content (AvgIpc) is 3.27. The first kappa shape index (κ1) is 20.3. The first-order valence-corrected chi connectivity index (χ1v) is 9.44. The molecule has 29 heavy (non-hydrogen) atoms. The Bertz CT molecular complexity index is 989. The van der Waals surface area contributed by atoms with Crippen molar-refractivity contribution in [1.29, 1.82) is 0 Å². The van der Waals surface area contributed by atoms with Crippen LogP contribution in [0.3, 0.4) is 0 Å². The lowest BCUT2D eigenvalue weighted by molar-refractivity contribution is -0.149. The number of rotatable bonds is 7. The Morgan fingerprint density at radius 1 is 0.966 bits per heavy atom. The summed E-state index contributed by atoms with van der Waals surface area (Å²) in [5, 5.41) is 5.21. The summed E-state index contributed by atoms with van der Waals surface area (Å²) in [5.74, 6) is -1.78. The third-order valence-electron chi connectivity index (χ3n) is 3.88. The van der Waals surface area contributed by atoms with Gasteiger partial charge in [0.05, 0.1) is 12.0 Å². The summed E-state index contributed by atoms with van der Waals surface area (Å²) >= 11 is 3.33. The highest BCUT2D eigenvalue weighted by molar-refractivity contribution is 9.10. The average molecular weight is 457 g/mol. The van der Waals surface area contributed by atoms with Crippen molar-refractivity contribution in [3.63, 3.8) is 0 Å². The Balaban J connectivity index is 1.65. The van der Waals surface area contributed by atoms with Crippen molar-refractivity contribution < 1.29 is 23.5 Å². The predicted molar refractivity (Wildman–Crippen MR) is 109 cm³/mol. The molecule has 1 unspecified atom stereocenters. The van der Waals surface area contributed by atoms with E-state index in [1.54, 1.807) is 54.6 Å². The van der Waals surface area contributed by atoms with Crippen molar-refractivity contribution in [3.8, 4) is 0 Å². The van der Waals surface area contributed by atoms with Gasteiger partial charge in [0.1, 0.15) is 0 Å². The van der Waals surface area contributed by atoms with E-state index >= 15 is 0 Å². The first-order valence-electron chi connectivity index (χ1n) is 8.65. The minimum atomic E-state index is -1.09. The molecule has 0 aliphatic carbocycles. The maximum Gasteiger partial charge on any atom is 0.333 e. The number of halogens is 1. The zero-order valence-electron chi connectivity index (χ0n) is 15.1. The van der Waals surface area contributed by atoms with E-state index in [0.717, 1.165) is 0 Å². The number of hydrogen-bond acceptors (Lipinski definition) is 5. The van der Waals surface area contributed by atoms with Crippen molar-refractivity contribution in [1.82, 2.24) is 5.32 Å². The lowest BCUT2D eigenvalue weighted by atomic mass is 10.1. The molecule has 0 saturated heterocycles. The topological polar surface area (TPSA) is 97.6 Å². The van der Waals surface area contributed by atoms with Crippen LogP contribution in [-0.2, 0) is 14.3 Å². The van der Waals surface area contributed by atoms with Gasteiger partial charge in [-0.05, 0) is 45.8 Å². The van der Waals surface area contributed by atoms with E-state index in [2.05, 4.69) is 26.6 Å². The summed E-state index contributed by atoms with van der Waals surface area (Å²) in [7, 11) is 0. The second-order valence-electron chi connectivity index (χ2n) is 5.93. The molecule has 0 spiro atoms. The standard InChI is InChI=1S/C21H17BrN2O5/c22-15-9-4-5-10-16(15)23-18(25)13-29-21(27)19(14-7-2-1-3-8-14)24-20(26)17-11-6-12-28-17/h1-12,19H,13H2,(H,23,25)(H,24,26). The number of carbonyl (C=O) groups is 3. The molecule has 7 nitrogen and oxygen atoms in total. The lowest BCUT2D eigenvalue weighted by Crippen LogP contribution is -2.36. The minimum Gasteiger partial charge on any atom is -0.459 e. The van der Waals surface area contributed by atoms with Crippen LogP contribution < -0.4 is 10.6 Å². The maximum absolute atomic E-state index is 12.6. The predicted octanol–water partition coefficient (Wildman–Crippen LogP) is 3.70. The Morgan fingerprint density at radius 3 is 2.38 bits per heavy atom. The van der Waals surface area contributed by atoms with Gasteiger partial charge in [-0.25, -0.2) is 4.79 Å². The van der Waals surface area contributed by atoms with Crippen LogP contribution in [0, 0.1) is 0 Å². The Kier molecular flexibility index (Phi) is 6.80. The fourth-order valence-electron chi connectivity index (χ4n) is 2.50. The SMILES string of the molecule is O=C(COC(=O)C(NC(=O)c1ccco1)c1ccccc1)Nc1ccccc1Br. The van der Waals surface area contributed by atoms with Crippen LogP contribution in [0.1, 0.15) is 22.2 Å². The van der Waals surface area contributed by atoms with Gasteiger partial charge in [-0.15, -0.1) is 0 Å². The monoisotopic (exact) mass is 456 g/mol. The molecule has 0 radical (unpaired) electrons. The summed E-state index contributed by atoms with van der Waals surface area (Å²) in [6, 6.07) is 17.6. The zero-order valence-corrected chi connectivity index (χ0v) is 16.7. The summed E-state index contributed by atoms with van der Waals surface area (Å²) in [6.07, 6.45) is 1.36. The van der Waals surface area contributed by atoms with E-state index in [9.17, 15) is 14.4 Å². The highest BCUT2D eigenvalue weighted by atomic mass is 79.9. The van der Waals surface area contributed by atoms with E-state index in [-0.39, 0.29) is 5.76 Å². The van der Waals surface area contributed by atoms with Gasteiger partial charge in [0.15, 0.2) is 18.4 Å². The number of nitrogens with one attached hydrogen (secondary N) is 2. The smallest absolute Gasteiger partial charge is 0.333 e. The Morgan fingerprint density at radius 2 is 1.69 bits per heavy atom. The number of esters is 1. The molecule has 2 aromatic carbocycles. The number of benzene rings is 2. The molecule has 1 atom stereocenters. The second kappa shape index (κ2) is 9.70. The third-order valence-corrected chi connectivity index (χ3v) is 4.57. The van der Waals surface area contributed by atoms with Crippen LogP contribution in [-0.4, -0.2) is 24.4 Å². The normalized spacial score (nSPS) is 11.3. The van der Waals surface area contributed by atoms with E-state index < -0.39 is 30.4 Å². The molecule has 1 aromatic heterocycles. The van der Waals surface area contributed by atoms with Gasteiger partial charge in [0.2, 0.25) is 0 Å². The molecule has 0 aliphatic heterocycles.